The highest BCUT2D eigenvalue weighted by atomic mass is 79.9. The minimum Gasteiger partial charge on any atom is -0.246 e. The van der Waals surface area contributed by atoms with E-state index in [9.17, 15) is 0 Å². The Kier molecular flexibility index (Phi) is 2.99. The van der Waals surface area contributed by atoms with Crippen LogP contribution in [-0.4, -0.2) is 4.98 Å². The Morgan fingerprint density at radius 2 is 2.14 bits per heavy atom. The summed E-state index contributed by atoms with van der Waals surface area (Å²) in [6, 6.07) is 8.28. The van der Waals surface area contributed by atoms with Crippen LogP contribution in [0.15, 0.2) is 34.1 Å². The van der Waals surface area contributed by atoms with E-state index in [1.54, 1.807) is 11.3 Å². The Bertz CT molecular complexity index is 436. The molecule has 1 heterocycles. The predicted octanol–water partition coefficient (Wildman–Crippen LogP) is 3.80. The van der Waals surface area contributed by atoms with Crippen molar-refractivity contribution in [3.05, 3.63) is 50.4 Å². The van der Waals surface area contributed by atoms with Gasteiger partial charge in [0.1, 0.15) is 0 Å². The molecule has 0 unspecified atom stereocenters. The molecule has 0 aliphatic carbocycles. The summed E-state index contributed by atoms with van der Waals surface area (Å²) in [7, 11) is 0. The first kappa shape index (κ1) is 9.87. The van der Waals surface area contributed by atoms with Crippen molar-refractivity contribution >= 4 is 27.3 Å². The maximum Gasteiger partial charge on any atom is 0.0972 e. The van der Waals surface area contributed by atoms with Gasteiger partial charge in [0.25, 0.3) is 0 Å². The molecule has 3 heteroatoms. The average Bonchev–Trinajstić information content (AvgIpc) is 2.56. The number of benzene rings is 1. The van der Waals surface area contributed by atoms with Crippen LogP contribution in [0.5, 0.6) is 0 Å². The molecule has 0 spiro atoms. The van der Waals surface area contributed by atoms with E-state index in [1.807, 2.05) is 13.0 Å². The van der Waals surface area contributed by atoms with E-state index in [4.69, 9.17) is 0 Å². The van der Waals surface area contributed by atoms with Crippen LogP contribution in [0, 0.1) is 6.92 Å². The van der Waals surface area contributed by atoms with Crippen LogP contribution in [0.3, 0.4) is 0 Å². The molecule has 0 atom stereocenters. The number of nitrogens with zero attached hydrogens (tertiary/aromatic N) is 1. The van der Waals surface area contributed by atoms with Gasteiger partial charge in [-0.25, -0.2) is 4.98 Å². The van der Waals surface area contributed by atoms with Gasteiger partial charge in [0.05, 0.1) is 5.01 Å². The molecule has 0 saturated heterocycles. The molecule has 72 valence electrons. The number of hydrogen-bond acceptors (Lipinski definition) is 2. The van der Waals surface area contributed by atoms with E-state index in [2.05, 4.69) is 44.5 Å². The van der Waals surface area contributed by atoms with Crippen molar-refractivity contribution in [3.8, 4) is 0 Å². The molecule has 0 bridgehead atoms. The first-order chi connectivity index (χ1) is 6.75. The number of rotatable bonds is 2. The van der Waals surface area contributed by atoms with Crippen LogP contribution in [0.2, 0.25) is 0 Å². The van der Waals surface area contributed by atoms with Crippen LogP contribution in [0.4, 0.5) is 0 Å². The summed E-state index contributed by atoms with van der Waals surface area (Å²) in [4.78, 5) is 4.44. The van der Waals surface area contributed by atoms with Gasteiger partial charge >= 0.3 is 0 Å². The quantitative estimate of drug-likeness (QED) is 0.807. The summed E-state index contributed by atoms with van der Waals surface area (Å²) < 4.78 is 1.16. The lowest BCUT2D eigenvalue weighted by Crippen LogP contribution is -1.88. The monoisotopic (exact) mass is 267 g/mol. The lowest BCUT2D eigenvalue weighted by Gasteiger charge is -2.00. The van der Waals surface area contributed by atoms with E-state index in [1.165, 1.54) is 10.6 Å². The van der Waals surface area contributed by atoms with Crippen molar-refractivity contribution in [3.63, 3.8) is 0 Å². The summed E-state index contributed by atoms with van der Waals surface area (Å²) in [5.74, 6) is 0. The highest BCUT2D eigenvalue weighted by Gasteiger charge is 2.03. The molecule has 2 aromatic rings. The predicted molar refractivity (Wildman–Crippen MR) is 63.8 cm³/mol. The van der Waals surface area contributed by atoms with Crippen molar-refractivity contribution < 1.29 is 0 Å². The first-order valence-electron chi connectivity index (χ1n) is 4.40. The molecule has 14 heavy (non-hydrogen) atoms. The fraction of sp³-hybridized carbons (Fsp3) is 0.182. The summed E-state index contributed by atoms with van der Waals surface area (Å²) in [5.41, 5.74) is 2.40. The summed E-state index contributed by atoms with van der Waals surface area (Å²) in [5, 5.41) is 3.26. The van der Waals surface area contributed by atoms with Crippen molar-refractivity contribution in [2.45, 2.75) is 13.3 Å². The molecule has 0 aliphatic heterocycles. The second kappa shape index (κ2) is 4.24. The zero-order valence-electron chi connectivity index (χ0n) is 7.83. The molecular formula is C11H10BrNS. The Labute approximate surface area is 95.9 Å². The number of thiazole rings is 1. The largest absolute Gasteiger partial charge is 0.246 e. The van der Waals surface area contributed by atoms with Crippen LogP contribution in [0.1, 0.15) is 16.3 Å². The third kappa shape index (κ3) is 2.22. The molecule has 2 rings (SSSR count). The first-order valence-corrected chi connectivity index (χ1v) is 6.07. The fourth-order valence-electron chi connectivity index (χ4n) is 1.29. The molecule has 0 fully saturated rings. The molecule has 1 aromatic carbocycles. The van der Waals surface area contributed by atoms with Gasteiger partial charge in [-0.2, -0.15) is 0 Å². The van der Waals surface area contributed by atoms with Crippen LogP contribution in [-0.2, 0) is 6.42 Å². The molecule has 0 saturated carbocycles. The van der Waals surface area contributed by atoms with Gasteiger partial charge in [-0.1, -0.05) is 34.1 Å². The molecule has 0 amide bonds. The Balaban J connectivity index is 2.23. The summed E-state index contributed by atoms with van der Waals surface area (Å²) in [6.45, 7) is 2.03. The van der Waals surface area contributed by atoms with E-state index >= 15 is 0 Å². The normalized spacial score (nSPS) is 10.4. The van der Waals surface area contributed by atoms with Gasteiger partial charge in [0, 0.05) is 22.0 Å². The van der Waals surface area contributed by atoms with Crippen LogP contribution in [0.25, 0.3) is 0 Å². The maximum atomic E-state index is 4.44. The van der Waals surface area contributed by atoms with Gasteiger partial charge in [0.2, 0.25) is 0 Å². The molecule has 1 aromatic heterocycles. The second-order valence-electron chi connectivity index (χ2n) is 3.15. The van der Waals surface area contributed by atoms with E-state index in [-0.39, 0.29) is 0 Å². The summed E-state index contributed by atoms with van der Waals surface area (Å²) >= 11 is 5.26. The maximum absolute atomic E-state index is 4.44. The summed E-state index contributed by atoms with van der Waals surface area (Å²) in [6.07, 6.45) is 0.917. The number of aryl methyl sites for hydroxylation is 1. The van der Waals surface area contributed by atoms with Crippen molar-refractivity contribution in [1.29, 1.82) is 0 Å². The van der Waals surface area contributed by atoms with Gasteiger partial charge in [-0.05, 0) is 18.6 Å². The standard InChI is InChI=1S/C11H10BrNS/c1-8-7-14-11(13-8)6-9-4-2-3-5-10(9)12/h2-5,7H,6H2,1H3. The van der Waals surface area contributed by atoms with Crippen LogP contribution < -0.4 is 0 Å². The molecular weight excluding hydrogens is 258 g/mol. The number of halogens is 1. The van der Waals surface area contributed by atoms with Crippen molar-refractivity contribution in [2.24, 2.45) is 0 Å². The SMILES string of the molecule is Cc1csc(Cc2ccccc2Br)n1. The Hall–Kier alpha value is -0.670. The topological polar surface area (TPSA) is 12.9 Å². The lowest BCUT2D eigenvalue weighted by atomic mass is 10.2. The minimum absolute atomic E-state index is 0.917. The zero-order valence-corrected chi connectivity index (χ0v) is 10.2. The van der Waals surface area contributed by atoms with Gasteiger partial charge in [-0.3, -0.25) is 0 Å². The fourth-order valence-corrected chi connectivity index (χ4v) is 2.51. The van der Waals surface area contributed by atoms with Crippen molar-refractivity contribution in [1.82, 2.24) is 4.98 Å². The Morgan fingerprint density at radius 3 is 2.79 bits per heavy atom. The third-order valence-corrected chi connectivity index (χ3v) is 3.71. The lowest BCUT2D eigenvalue weighted by molar-refractivity contribution is 1.10. The van der Waals surface area contributed by atoms with Gasteiger partial charge in [-0.15, -0.1) is 11.3 Å². The highest BCUT2D eigenvalue weighted by Crippen LogP contribution is 2.21. The van der Waals surface area contributed by atoms with Gasteiger partial charge in [0.15, 0.2) is 0 Å². The third-order valence-electron chi connectivity index (χ3n) is 1.97. The smallest absolute Gasteiger partial charge is 0.0972 e. The average molecular weight is 268 g/mol. The molecule has 0 N–H and O–H groups in total. The second-order valence-corrected chi connectivity index (χ2v) is 4.95. The minimum atomic E-state index is 0.917. The molecule has 1 nitrogen and oxygen atoms in total. The number of hydrogen-bond donors (Lipinski definition) is 0. The van der Waals surface area contributed by atoms with Crippen molar-refractivity contribution in [2.75, 3.05) is 0 Å². The van der Waals surface area contributed by atoms with E-state index < -0.39 is 0 Å². The Morgan fingerprint density at radius 1 is 1.36 bits per heavy atom. The molecule has 0 aliphatic rings. The van der Waals surface area contributed by atoms with Gasteiger partial charge < -0.3 is 0 Å². The molecule has 0 radical (unpaired) electrons. The number of aromatic nitrogens is 1. The highest BCUT2D eigenvalue weighted by molar-refractivity contribution is 9.10. The van der Waals surface area contributed by atoms with E-state index in [0.717, 1.165) is 16.6 Å². The van der Waals surface area contributed by atoms with E-state index in [0.29, 0.717) is 0 Å². The van der Waals surface area contributed by atoms with Crippen LogP contribution >= 0.6 is 27.3 Å². The zero-order chi connectivity index (χ0) is 9.97.